The molecule has 3 rings (SSSR count). The van der Waals surface area contributed by atoms with Gasteiger partial charge in [-0.2, -0.15) is 4.31 Å². The van der Waals surface area contributed by atoms with Crippen molar-refractivity contribution in [3.8, 4) is 0 Å². The molecule has 2 aliphatic rings. The Morgan fingerprint density at radius 2 is 2.20 bits per heavy atom. The number of hydrogen-bond acceptors (Lipinski definition) is 3. The van der Waals surface area contributed by atoms with E-state index in [1.807, 2.05) is 12.1 Å². The van der Waals surface area contributed by atoms with E-state index >= 15 is 0 Å². The van der Waals surface area contributed by atoms with E-state index in [0.717, 1.165) is 49.9 Å². The number of anilines is 1. The van der Waals surface area contributed by atoms with Gasteiger partial charge in [0.05, 0.1) is 4.90 Å². The fraction of sp³-hybridized carbons (Fsp3) is 0.600. The van der Waals surface area contributed by atoms with Gasteiger partial charge in [0.1, 0.15) is 0 Å². The van der Waals surface area contributed by atoms with E-state index in [0.29, 0.717) is 11.4 Å². The number of nitrogens with one attached hydrogen (secondary N) is 1. The number of sulfonamides is 1. The van der Waals surface area contributed by atoms with E-state index in [2.05, 4.69) is 12.2 Å². The van der Waals surface area contributed by atoms with Gasteiger partial charge in [-0.25, -0.2) is 8.42 Å². The van der Waals surface area contributed by atoms with Gasteiger partial charge in [0, 0.05) is 24.8 Å². The van der Waals surface area contributed by atoms with Crippen LogP contribution in [0.3, 0.4) is 0 Å². The minimum Gasteiger partial charge on any atom is -0.385 e. The second kappa shape index (κ2) is 5.37. The maximum absolute atomic E-state index is 13.0. The molecule has 0 bridgehead atoms. The third kappa shape index (κ3) is 2.23. The van der Waals surface area contributed by atoms with Crippen LogP contribution in [0.5, 0.6) is 0 Å². The van der Waals surface area contributed by atoms with Crippen LogP contribution in [0.2, 0.25) is 0 Å². The fourth-order valence-electron chi connectivity index (χ4n) is 3.38. The predicted molar refractivity (Wildman–Crippen MR) is 80.5 cm³/mol. The Balaban J connectivity index is 2.03. The zero-order chi connectivity index (χ0) is 14.2. The lowest BCUT2D eigenvalue weighted by molar-refractivity contribution is 0.379. The van der Waals surface area contributed by atoms with E-state index in [1.54, 1.807) is 10.4 Å². The maximum Gasteiger partial charge on any atom is 0.243 e. The molecule has 1 N–H and O–H groups in total. The molecule has 1 unspecified atom stereocenters. The van der Waals surface area contributed by atoms with Gasteiger partial charge in [-0.3, -0.25) is 0 Å². The van der Waals surface area contributed by atoms with Crippen LogP contribution in [0.25, 0.3) is 0 Å². The van der Waals surface area contributed by atoms with E-state index in [4.69, 9.17) is 0 Å². The smallest absolute Gasteiger partial charge is 0.243 e. The number of hydrogen-bond donors (Lipinski definition) is 1. The summed E-state index contributed by atoms with van der Waals surface area (Å²) >= 11 is 0. The second-order valence-electron chi connectivity index (χ2n) is 5.63. The van der Waals surface area contributed by atoms with Crippen LogP contribution in [0, 0.1) is 0 Å². The molecule has 5 heteroatoms. The zero-order valence-corrected chi connectivity index (χ0v) is 12.7. The summed E-state index contributed by atoms with van der Waals surface area (Å²) in [5.74, 6) is 0. The van der Waals surface area contributed by atoms with Crippen molar-refractivity contribution in [3.63, 3.8) is 0 Å². The molecule has 1 fully saturated rings. The van der Waals surface area contributed by atoms with Gasteiger partial charge in [-0.05, 0) is 49.8 Å². The lowest BCUT2D eigenvalue weighted by Crippen LogP contribution is -2.36. The average molecular weight is 294 g/mol. The Hall–Kier alpha value is -1.07. The van der Waals surface area contributed by atoms with Crippen molar-refractivity contribution in [3.05, 3.63) is 23.8 Å². The van der Waals surface area contributed by atoms with Crippen LogP contribution >= 0.6 is 0 Å². The Bertz CT molecular complexity index is 598. The summed E-state index contributed by atoms with van der Waals surface area (Å²) in [5.41, 5.74) is 1.96. The molecule has 4 nitrogen and oxygen atoms in total. The second-order valence-corrected chi connectivity index (χ2v) is 7.49. The van der Waals surface area contributed by atoms with Gasteiger partial charge in [0.25, 0.3) is 0 Å². The Labute approximate surface area is 121 Å². The summed E-state index contributed by atoms with van der Waals surface area (Å²) in [6.07, 6.45) is 4.71. The van der Waals surface area contributed by atoms with Crippen molar-refractivity contribution in [1.82, 2.24) is 4.31 Å². The zero-order valence-electron chi connectivity index (χ0n) is 11.9. The normalized spacial score (nSPS) is 23.4. The SMILES string of the molecule is CCC1CCCN1S(=O)(=O)c1cccc2c1CCCN2. The Kier molecular flexibility index (Phi) is 3.73. The number of rotatable bonds is 3. The first-order valence-corrected chi connectivity index (χ1v) is 8.96. The van der Waals surface area contributed by atoms with Crippen LogP contribution in [0.4, 0.5) is 5.69 Å². The lowest BCUT2D eigenvalue weighted by atomic mass is 10.0. The molecule has 2 heterocycles. The number of benzene rings is 1. The molecule has 0 aliphatic carbocycles. The highest BCUT2D eigenvalue weighted by atomic mass is 32.2. The molecule has 0 aromatic heterocycles. The van der Waals surface area contributed by atoms with Crippen LogP contribution in [0.15, 0.2) is 23.1 Å². The summed E-state index contributed by atoms with van der Waals surface area (Å²) in [7, 11) is -3.35. The first-order valence-electron chi connectivity index (χ1n) is 7.52. The van der Waals surface area contributed by atoms with Crippen LogP contribution in [-0.2, 0) is 16.4 Å². The first kappa shape index (κ1) is 13.9. The number of nitrogens with zero attached hydrogens (tertiary/aromatic N) is 1. The molecule has 1 saturated heterocycles. The fourth-order valence-corrected chi connectivity index (χ4v) is 5.42. The molecule has 0 saturated carbocycles. The highest BCUT2D eigenvalue weighted by Crippen LogP contribution is 2.33. The maximum atomic E-state index is 13.0. The van der Waals surface area contributed by atoms with Crippen molar-refractivity contribution < 1.29 is 8.42 Å². The van der Waals surface area contributed by atoms with Crippen molar-refractivity contribution in [1.29, 1.82) is 0 Å². The molecule has 1 aromatic carbocycles. The summed E-state index contributed by atoms with van der Waals surface area (Å²) in [6, 6.07) is 5.77. The lowest BCUT2D eigenvalue weighted by Gasteiger charge is -2.26. The molecule has 2 aliphatic heterocycles. The molecule has 0 amide bonds. The molecule has 1 atom stereocenters. The Morgan fingerprint density at radius 3 is 3.00 bits per heavy atom. The summed E-state index contributed by atoms with van der Waals surface area (Å²) in [6.45, 7) is 3.66. The summed E-state index contributed by atoms with van der Waals surface area (Å²) in [4.78, 5) is 0.516. The summed E-state index contributed by atoms with van der Waals surface area (Å²) in [5, 5.41) is 3.31. The third-order valence-electron chi connectivity index (χ3n) is 4.43. The molecule has 20 heavy (non-hydrogen) atoms. The van der Waals surface area contributed by atoms with Gasteiger partial charge >= 0.3 is 0 Å². The average Bonchev–Trinajstić information content (AvgIpc) is 2.96. The molecule has 1 aromatic rings. The van der Waals surface area contributed by atoms with E-state index in [-0.39, 0.29) is 6.04 Å². The van der Waals surface area contributed by atoms with Gasteiger partial charge < -0.3 is 5.32 Å². The topological polar surface area (TPSA) is 49.4 Å². The molecule has 0 radical (unpaired) electrons. The van der Waals surface area contributed by atoms with Crippen molar-refractivity contribution >= 4 is 15.7 Å². The van der Waals surface area contributed by atoms with Crippen molar-refractivity contribution in [2.75, 3.05) is 18.4 Å². The van der Waals surface area contributed by atoms with E-state index in [9.17, 15) is 8.42 Å². The van der Waals surface area contributed by atoms with Gasteiger partial charge in [0.2, 0.25) is 10.0 Å². The largest absolute Gasteiger partial charge is 0.385 e. The highest BCUT2D eigenvalue weighted by molar-refractivity contribution is 7.89. The monoisotopic (exact) mass is 294 g/mol. The van der Waals surface area contributed by atoms with Crippen molar-refractivity contribution in [2.45, 2.75) is 50.0 Å². The minimum atomic E-state index is -3.35. The van der Waals surface area contributed by atoms with Gasteiger partial charge in [-0.1, -0.05) is 13.0 Å². The predicted octanol–water partition coefficient (Wildman–Crippen LogP) is 2.61. The molecule has 0 spiro atoms. The molecular formula is C15H22N2O2S. The molecule has 110 valence electrons. The van der Waals surface area contributed by atoms with Crippen LogP contribution in [0.1, 0.15) is 38.2 Å². The first-order chi connectivity index (χ1) is 9.64. The van der Waals surface area contributed by atoms with Crippen LogP contribution < -0.4 is 5.32 Å². The number of fused-ring (bicyclic) bond motifs is 1. The highest BCUT2D eigenvalue weighted by Gasteiger charge is 2.35. The standard InChI is InChI=1S/C15H22N2O2S/c1-2-12-6-5-11-17(12)20(18,19)15-9-3-8-14-13(15)7-4-10-16-14/h3,8-9,12,16H,2,4-7,10-11H2,1H3. The van der Waals surface area contributed by atoms with Crippen LogP contribution in [-0.4, -0.2) is 31.9 Å². The van der Waals surface area contributed by atoms with Crippen molar-refractivity contribution in [2.24, 2.45) is 0 Å². The Morgan fingerprint density at radius 1 is 1.35 bits per heavy atom. The minimum absolute atomic E-state index is 0.174. The van der Waals surface area contributed by atoms with E-state index in [1.165, 1.54) is 0 Å². The van der Waals surface area contributed by atoms with E-state index < -0.39 is 10.0 Å². The molecular weight excluding hydrogens is 272 g/mol. The van der Waals surface area contributed by atoms with Gasteiger partial charge in [0.15, 0.2) is 0 Å². The quantitative estimate of drug-likeness (QED) is 0.932. The van der Waals surface area contributed by atoms with Gasteiger partial charge in [-0.15, -0.1) is 0 Å². The summed E-state index contributed by atoms with van der Waals surface area (Å²) < 4.78 is 27.7. The third-order valence-corrected chi connectivity index (χ3v) is 6.47.